The topological polar surface area (TPSA) is 43.1 Å². The second kappa shape index (κ2) is 3.47. The number of halogens is 1. The summed E-state index contributed by atoms with van der Waals surface area (Å²) < 4.78 is 0. The van der Waals surface area contributed by atoms with Crippen molar-refractivity contribution in [1.29, 1.82) is 0 Å². The SMILES string of the molecule is C[C@@H]1[C@@H]2C[C@@]23C(C)(C)CCC[C@@]3(C)C[C@]1(Cl)[N+](=O)[O-]. The van der Waals surface area contributed by atoms with Crippen molar-refractivity contribution in [2.75, 3.05) is 0 Å². The van der Waals surface area contributed by atoms with E-state index in [1.54, 1.807) is 0 Å². The van der Waals surface area contributed by atoms with Gasteiger partial charge in [-0.15, -0.1) is 0 Å². The molecule has 0 N–H and O–H groups in total. The number of rotatable bonds is 1. The quantitative estimate of drug-likeness (QED) is 0.309. The number of hydrogen-bond acceptors (Lipinski definition) is 2. The van der Waals surface area contributed by atoms with Crippen molar-refractivity contribution in [2.24, 2.45) is 28.1 Å². The van der Waals surface area contributed by atoms with Crippen molar-refractivity contribution in [2.45, 2.75) is 64.8 Å². The normalized spacial score (nSPS) is 55.0. The number of alkyl halides is 1. The Morgan fingerprint density at radius 2 is 1.89 bits per heavy atom. The number of nitrogens with zero attached hydrogens (tertiary/aromatic N) is 1. The van der Waals surface area contributed by atoms with Crippen molar-refractivity contribution < 1.29 is 4.92 Å². The second-order valence-corrected chi connectivity index (χ2v) is 8.78. The van der Waals surface area contributed by atoms with Gasteiger partial charge < -0.3 is 0 Å². The molecule has 0 saturated heterocycles. The summed E-state index contributed by atoms with van der Waals surface area (Å²) in [6.07, 6.45) is 5.20. The molecule has 0 bridgehead atoms. The summed E-state index contributed by atoms with van der Waals surface area (Å²) in [4.78, 5) is 10.0. The zero-order valence-electron chi connectivity index (χ0n) is 12.3. The molecule has 0 heterocycles. The van der Waals surface area contributed by atoms with E-state index in [1.807, 2.05) is 6.92 Å². The first-order valence-electron chi connectivity index (χ1n) is 7.44. The molecule has 0 radical (unpaired) electrons. The maximum atomic E-state index is 11.5. The van der Waals surface area contributed by atoms with Crippen molar-refractivity contribution in [1.82, 2.24) is 0 Å². The van der Waals surface area contributed by atoms with E-state index in [4.69, 9.17) is 11.6 Å². The summed E-state index contributed by atoms with van der Waals surface area (Å²) in [6, 6.07) is 0. The van der Waals surface area contributed by atoms with E-state index >= 15 is 0 Å². The van der Waals surface area contributed by atoms with Gasteiger partial charge in [-0.25, -0.2) is 0 Å². The molecule has 0 unspecified atom stereocenters. The predicted octanol–water partition coefficient (Wildman–Crippen LogP) is 4.46. The third-order valence-corrected chi connectivity index (χ3v) is 7.69. The third kappa shape index (κ3) is 1.36. The molecule has 0 aliphatic heterocycles. The highest BCUT2D eigenvalue weighted by molar-refractivity contribution is 6.23. The summed E-state index contributed by atoms with van der Waals surface area (Å²) in [5.41, 5.74) is 0.639. The molecule has 0 aromatic heterocycles. The van der Waals surface area contributed by atoms with Crippen LogP contribution in [0, 0.1) is 38.2 Å². The Balaban J connectivity index is 2.07. The fraction of sp³-hybridized carbons (Fsp3) is 1.00. The lowest BCUT2D eigenvalue weighted by Crippen LogP contribution is -2.57. The lowest BCUT2D eigenvalue weighted by atomic mass is 9.48. The first-order chi connectivity index (χ1) is 8.61. The maximum Gasteiger partial charge on any atom is 0.298 e. The predicted molar refractivity (Wildman–Crippen MR) is 75.6 cm³/mol. The van der Waals surface area contributed by atoms with Crippen LogP contribution in [0.3, 0.4) is 0 Å². The van der Waals surface area contributed by atoms with Crippen molar-refractivity contribution >= 4 is 11.6 Å². The number of nitro groups is 1. The van der Waals surface area contributed by atoms with Crippen LogP contribution in [-0.4, -0.2) is 9.92 Å². The molecular formula is C15H24ClNO2. The Labute approximate surface area is 120 Å². The van der Waals surface area contributed by atoms with Crippen LogP contribution >= 0.6 is 11.6 Å². The van der Waals surface area contributed by atoms with Crippen LogP contribution in [0.15, 0.2) is 0 Å². The molecule has 3 nitrogen and oxygen atoms in total. The van der Waals surface area contributed by atoms with Gasteiger partial charge in [0, 0.05) is 17.3 Å². The van der Waals surface area contributed by atoms with Crippen LogP contribution < -0.4 is 0 Å². The highest BCUT2D eigenvalue weighted by Crippen LogP contribution is 2.83. The van der Waals surface area contributed by atoms with E-state index in [0.717, 1.165) is 12.8 Å². The van der Waals surface area contributed by atoms with Crippen LogP contribution in [0.2, 0.25) is 0 Å². The minimum absolute atomic E-state index is 0.0189. The Hall–Kier alpha value is -0.310. The van der Waals surface area contributed by atoms with E-state index < -0.39 is 5.00 Å². The fourth-order valence-corrected chi connectivity index (χ4v) is 6.49. The van der Waals surface area contributed by atoms with Crippen LogP contribution in [0.4, 0.5) is 0 Å². The average Bonchev–Trinajstić information content (AvgIpc) is 3.01. The van der Waals surface area contributed by atoms with Gasteiger partial charge in [-0.3, -0.25) is 10.1 Å². The van der Waals surface area contributed by atoms with Gasteiger partial charge in [0.25, 0.3) is 5.00 Å². The molecule has 1 spiro atoms. The summed E-state index contributed by atoms with van der Waals surface area (Å²) in [5.74, 6) is 0.416. The lowest BCUT2D eigenvalue weighted by molar-refractivity contribution is -0.562. The summed E-state index contributed by atoms with van der Waals surface area (Å²) in [7, 11) is 0. The summed E-state index contributed by atoms with van der Waals surface area (Å²) in [5, 5.41) is 11.5. The van der Waals surface area contributed by atoms with Crippen LogP contribution in [0.5, 0.6) is 0 Å². The zero-order chi connectivity index (χ0) is 14.3. The largest absolute Gasteiger partial charge is 0.298 e. The Morgan fingerprint density at radius 3 is 2.47 bits per heavy atom. The molecule has 5 atom stereocenters. The lowest BCUT2D eigenvalue weighted by Gasteiger charge is -2.57. The van der Waals surface area contributed by atoms with Crippen LogP contribution in [-0.2, 0) is 0 Å². The molecule has 3 aliphatic rings. The minimum Gasteiger partial charge on any atom is -0.263 e. The molecular weight excluding hydrogens is 262 g/mol. The molecule has 0 amide bonds. The smallest absolute Gasteiger partial charge is 0.263 e. The third-order valence-electron chi connectivity index (χ3n) is 7.07. The minimum atomic E-state index is -1.24. The Kier molecular flexibility index (Phi) is 2.49. The highest BCUT2D eigenvalue weighted by Gasteiger charge is 2.80. The van der Waals surface area contributed by atoms with E-state index in [-0.39, 0.29) is 16.3 Å². The highest BCUT2D eigenvalue weighted by atomic mass is 35.5. The van der Waals surface area contributed by atoms with Gasteiger partial charge >= 0.3 is 0 Å². The number of hydrogen-bond donors (Lipinski definition) is 0. The van der Waals surface area contributed by atoms with E-state index in [2.05, 4.69) is 20.8 Å². The average molecular weight is 286 g/mol. The molecule has 0 aromatic rings. The van der Waals surface area contributed by atoms with Crippen molar-refractivity contribution in [3.8, 4) is 0 Å². The molecule has 108 valence electrons. The van der Waals surface area contributed by atoms with E-state index in [0.29, 0.717) is 23.2 Å². The van der Waals surface area contributed by atoms with Gasteiger partial charge in [-0.05, 0) is 53.0 Å². The van der Waals surface area contributed by atoms with Gasteiger partial charge in [-0.1, -0.05) is 34.1 Å². The van der Waals surface area contributed by atoms with Gasteiger partial charge in [0.15, 0.2) is 0 Å². The van der Waals surface area contributed by atoms with Gasteiger partial charge in [0.05, 0.1) is 0 Å². The standard InChI is InChI=1S/C15H24ClNO2/c1-10-11-8-14(11)12(2,3)6-5-7-13(14,4)9-15(10,16)17(18)19/h10-11H,5-9H2,1-4H3/t10-,11+,13+,14+,15+/m1/s1. The van der Waals surface area contributed by atoms with E-state index in [1.165, 1.54) is 12.8 Å². The molecule has 3 fully saturated rings. The molecule has 4 heteroatoms. The maximum absolute atomic E-state index is 11.5. The van der Waals surface area contributed by atoms with Crippen LogP contribution in [0.1, 0.15) is 59.8 Å². The van der Waals surface area contributed by atoms with Gasteiger partial charge in [0.1, 0.15) is 0 Å². The van der Waals surface area contributed by atoms with Crippen molar-refractivity contribution in [3.05, 3.63) is 10.1 Å². The van der Waals surface area contributed by atoms with Gasteiger partial charge in [-0.2, -0.15) is 0 Å². The van der Waals surface area contributed by atoms with Crippen molar-refractivity contribution in [3.63, 3.8) is 0 Å². The molecule has 3 saturated carbocycles. The Bertz CT molecular complexity index is 451. The molecule has 3 rings (SSSR count). The van der Waals surface area contributed by atoms with Crippen LogP contribution in [0.25, 0.3) is 0 Å². The van der Waals surface area contributed by atoms with E-state index in [9.17, 15) is 10.1 Å². The summed E-state index contributed by atoms with van der Waals surface area (Å²) in [6.45, 7) is 8.99. The first kappa shape index (κ1) is 13.7. The van der Waals surface area contributed by atoms with Gasteiger partial charge in [0.2, 0.25) is 0 Å². The molecule has 0 aromatic carbocycles. The Morgan fingerprint density at radius 1 is 1.26 bits per heavy atom. The zero-order valence-corrected chi connectivity index (χ0v) is 13.1. The monoisotopic (exact) mass is 285 g/mol. The molecule has 3 aliphatic carbocycles. The summed E-state index contributed by atoms with van der Waals surface area (Å²) >= 11 is 6.48. The fourth-order valence-electron chi connectivity index (χ4n) is 6.04. The first-order valence-corrected chi connectivity index (χ1v) is 7.82. The second-order valence-electron chi connectivity index (χ2n) is 8.12. The molecule has 19 heavy (non-hydrogen) atoms.